The van der Waals surface area contributed by atoms with Gasteiger partial charge in [-0.25, -0.2) is 17.4 Å². The summed E-state index contributed by atoms with van der Waals surface area (Å²) in [6.45, 7) is 0. The smallest absolute Gasteiger partial charge is 0.242 e. The van der Waals surface area contributed by atoms with Gasteiger partial charge in [-0.15, -0.1) is 10.2 Å². The number of aromatic nitrogens is 3. The van der Waals surface area contributed by atoms with E-state index in [1.54, 1.807) is 25.3 Å². The molecule has 0 saturated carbocycles. The van der Waals surface area contributed by atoms with Crippen LogP contribution in [-0.2, 0) is 14.8 Å². The van der Waals surface area contributed by atoms with Gasteiger partial charge in [0.05, 0.1) is 24.9 Å². The number of amides is 1. The molecule has 0 radical (unpaired) electrons. The van der Waals surface area contributed by atoms with Crippen molar-refractivity contribution in [1.82, 2.24) is 19.2 Å². The number of hydrogen-bond donors (Lipinski definition) is 2. The summed E-state index contributed by atoms with van der Waals surface area (Å²) >= 11 is 1.11. The van der Waals surface area contributed by atoms with E-state index in [2.05, 4.69) is 15.5 Å². The van der Waals surface area contributed by atoms with Gasteiger partial charge in [-0.2, -0.15) is 0 Å². The third kappa shape index (κ3) is 5.38. The molecule has 176 valence electrons. The third-order valence-electron chi connectivity index (χ3n) is 4.56. The SMILES string of the molecule is COc1ccc(-c2nnc(SCC(=O)Nc3ccc(S(=O)(=O)N(C)C)cc3)n2N)cc1OC. The maximum Gasteiger partial charge on any atom is 0.242 e. The molecule has 0 saturated heterocycles. The van der Waals surface area contributed by atoms with Gasteiger partial charge in [0.25, 0.3) is 0 Å². The second-order valence-electron chi connectivity index (χ2n) is 6.89. The molecule has 0 atom stereocenters. The van der Waals surface area contributed by atoms with Crippen LogP contribution in [0.5, 0.6) is 11.5 Å². The van der Waals surface area contributed by atoms with E-state index in [-0.39, 0.29) is 16.6 Å². The van der Waals surface area contributed by atoms with Crippen molar-refractivity contribution >= 4 is 33.4 Å². The van der Waals surface area contributed by atoms with Crippen LogP contribution in [0.3, 0.4) is 0 Å². The van der Waals surface area contributed by atoms with Gasteiger partial charge in [0.1, 0.15) is 0 Å². The van der Waals surface area contributed by atoms with Crippen molar-refractivity contribution in [1.29, 1.82) is 0 Å². The number of benzene rings is 2. The van der Waals surface area contributed by atoms with E-state index in [4.69, 9.17) is 15.3 Å². The summed E-state index contributed by atoms with van der Waals surface area (Å²) in [5.74, 6) is 7.34. The van der Waals surface area contributed by atoms with Crippen LogP contribution in [0, 0.1) is 0 Å². The average Bonchev–Trinajstić information content (AvgIpc) is 3.17. The summed E-state index contributed by atoms with van der Waals surface area (Å²) in [5.41, 5.74) is 1.14. The summed E-state index contributed by atoms with van der Waals surface area (Å²) in [6, 6.07) is 11.2. The lowest BCUT2D eigenvalue weighted by atomic mass is 10.2. The van der Waals surface area contributed by atoms with Gasteiger partial charge in [0.15, 0.2) is 17.3 Å². The standard InChI is InChI=1S/C20H24N6O5S2/c1-25(2)33(28,29)15-8-6-14(7-9-15)22-18(27)12-32-20-24-23-19(26(20)21)13-5-10-16(30-3)17(11-13)31-4/h5-11H,12,21H2,1-4H3,(H,22,27). The maximum atomic E-state index is 12.3. The number of carbonyl (C=O) groups excluding carboxylic acids is 1. The highest BCUT2D eigenvalue weighted by molar-refractivity contribution is 7.99. The van der Waals surface area contributed by atoms with E-state index >= 15 is 0 Å². The van der Waals surface area contributed by atoms with E-state index in [1.807, 2.05) is 0 Å². The molecule has 0 unspecified atom stereocenters. The highest BCUT2D eigenvalue weighted by atomic mass is 32.2. The van der Waals surface area contributed by atoms with Gasteiger partial charge in [-0.3, -0.25) is 4.79 Å². The van der Waals surface area contributed by atoms with Crippen LogP contribution in [0.25, 0.3) is 11.4 Å². The molecule has 0 aliphatic heterocycles. The number of thioether (sulfide) groups is 1. The molecule has 0 spiro atoms. The first-order valence-corrected chi connectivity index (χ1v) is 12.0. The second-order valence-corrected chi connectivity index (χ2v) is 9.99. The number of ether oxygens (including phenoxy) is 2. The number of nitrogens with one attached hydrogen (secondary N) is 1. The first-order chi connectivity index (χ1) is 15.7. The summed E-state index contributed by atoms with van der Waals surface area (Å²) in [6.07, 6.45) is 0. The quantitative estimate of drug-likeness (QED) is 0.337. The Morgan fingerprint density at radius 1 is 1.09 bits per heavy atom. The molecule has 0 aliphatic rings. The van der Waals surface area contributed by atoms with Crippen LogP contribution in [0.15, 0.2) is 52.5 Å². The first-order valence-electron chi connectivity index (χ1n) is 9.55. The zero-order chi connectivity index (χ0) is 24.2. The minimum Gasteiger partial charge on any atom is -0.493 e. The number of rotatable bonds is 9. The summed E-state index contributed by atoms with van der Waals surface area (Å²) in [5, 5.41) is 11.2. The molecular weight excluding hydrogens is 468 g/mol. The Morgan fingerprint density at radius 3 is 2.36 bits per heavy atom. The second kappa shape index (κ2) is 10.1. The lowest BCUT2D eigenvalue weighted by Crippen LogP contribution is -2.22. The Balaban J connectivity index is 1.64. The van der Waals surface area contributed by atoms with Crippen LogP contribution in [0.1, 0.15) is 0 Å². The van der Waals surface area contributed by atoms with Gasteiger partial charge >= 0.3 is 0 Å². The summed E-state index contributed by atoms with van der Waals surface area (Å²) in [7, 11) is 2.45. The Labute approximate surface area is 195 Å². The number of carbonyl (C=O) groups is 1. The molecule has 2 aromatic carbocycles. The molecule has 1 heterocycles. The Hall–Kier alpha value is -3.29. The molecule has 3 N–H and O–H groups in total. The fourth-order valence-electron chi connectivity index (χ4n) is 2.80. The van der Waals surface area contributed by atoms with E-state index in [9.17, 15) is 13.2 Å². The number of hydrogen-bond acceptors (Lipinski definition) is 9. The molecule has 0 fully saturated rings. The van der Waals surface area contributed by atoms with Crippen LogP contribution in [0.2, 0.25) is 0 Å². The van der Waals surface area contributed by atoms with Crippen molar-refractivity contribution in [2.24, 2.45) is 0 Å². The lowest BCUT2D eigenvalue weighted by Gasteiger charge is -2.12. The van der Waals surface area contributed by atoms with Crippen molar-refractivity contribution < 1.29 is 22.7 Å². The van der Waals surface area contributed by atoms with Crippen molar-refractivity contribution in [3.05, 3.63) is 42.5 Å². The van der Waals surface area contributed by atoms with Gasteiger partial charge < -0.3 is 20.6 Å². The molecule has 3 rings (SSSR count). The highest BCUT2D eigenvalue weighted by Crippen LogP contribution is 2.32. The predicted molar refractivity (Wildman–Crippen MR) is 125 cm³/mol. The fourth-order valence-corrected chi connectivity index (χ4v) is 4.35. The first kappa shape index (κ1) is 24.4. The Kier molecular flexibility index (Phi) is 7.46. The van der Waals surface area contributed by atoms with Gasteiger partial charge in [0, 0.05) is 25.3 Å². The van der Waals surface area contributed by atoms with E-state index in [1.165, 1.54) is 50.1 Å². The minimum atomic E-state index is -3.53. The van der Waals surface area contributed by atoms with Gasteiger partial charge in [0.2, 0.25) is 21.1 Å². The molecule has 11 nitrogen and oxygen atoms in total. The summed E-state index contributed by atoms with van der Waals surface area (Å²) in [4.78, 5) is 12.5. The van der Waals surface area contributed by atoms with E-state index < -0.39 is 10.0 Å². The fraction of sp³-hybridized carbons (Fsp3) is 0.250. The zero-order valence-corrected chi connectivity index (χ0v) is 20.1. The number of nitrogen functional groups attached to an aromatic ring is 1. The zero-order valence-electron chi connectivity index (χ0n) is 18.5. The number of sulfonamides is 1. The summed E-state index contributed by atoms with van der Waals surface area (Å²) < 4.78 is 37.2. The van der Waals surface area contributed by atoms with Crippen LogP contribution >= 0.6 is 11.8 Å². The van der Waals surface area contributed by atoms with Crippen molar-refractivity contribution in [2.75, 3.05) is 45.2 Å². The number of methoxy groups -OCH3 is 2. The van der Waals surface area contributed by atoms with E-state index in [0.717, 1.165) is 16.1 Å². The lowest BCUT2D eigenvalue weighted by molar-refractivity contribution is -0.113. The molecule has 13 heteroatoms. The normalized spacial score (nSPS) is 11.4. The number of nitrogens with zero attached hydrogens (tertiary/aromatic N) is 4. The van der Waals surface area contributed by atoms with Crippen molar-refractivity contribution in [3.63, 3.8) is 0 Å². The largest absolute Gasteiger partial charge is 0.493 e. The highest BCUT2D eigenvalue weighted by Gasteiger charge is 2.18. The maximum absolute atomic E-state index is 12.3. The Morgan fingerprint density at radius 2 is 1.76 bits per heavy atom. The monoisotopic (exact) mass is 492 g/mol. The molecule has 33 heavy (non-hydrogen) atoms. The van der Waals surface area contributed by atoms with Gasteiger partial charge in [-0.1, -0.05) is 11.8 Å². The minimum absolute atomic E-state index is 0.0268. The third-order valence-corrected chi connectivity index (χ3v) is 7.33. The van der Waals surface area contributed by atoms with Gasteiger partial charge in [-0.05, 0) is 42.5 Å². The molecule has 0 aliphatic carbocycles. The molecule has 3 aromatic rings. The molecule has 1 aromatic heterocycles. The van der Waals surface area contributed by atoms with Crippen molar-refractivity contribution in [3.8, 4) is 22.9 Å². The molecular formula is C20H24N6O5S2. The van der Waals surface area contributed by atoms with Crippen LogP contribution in [0.4, 0.5) is 5.69 Å². The van der Waals surface area contributed by atoms with Crippen molar-refractivity contribution in [2.45, 2.75) is 10.1 Å². The average molecular weight is 493 g/mol. The molecule has 1 amide bonds. The molecule has 0 bridgehead atoms. The van der Waals surface area contributed by atoms with E-state index in [0.29, 0.717) is 33.7 Å². The number of nitrogens with two attached hydrogens (primary N) is 1. The topological polar surface area (TPSA) is 142 Å². The Bertz CT molecular complexity index is 1240. The number of anilines is 1. The van der Waals surface area contributed by atoms with Crippen LogP contribution in [-0.4, -0.2) is 67.6 Å². The van der Waals surface area contributed by atoms with Crippen LogP contribution < -0.4 is 20.6 Å². The predicted octanol–water partition coefficient (Wildman–Crippen LogP) is 1.66.